The highest BCUT2D eigenvalue weighted by atomic mass is 32.2. The number of likely N-dealkylation sites (tertiary alicyclic amines) is 1. The number of thioether (sulfide) groups is 1. The second kappa shape index (κ2) is 9.58. The molecule has 1 saturated heterocycles. The summed E-state index contributed by atoms with van der Waals surface area (Å²) in [5.41, 5.74) is -1.47. The fourth-order valence-electron chi connectivity index (χ4n) is 4.37. The van der Waals surface area contributed by atoms with Gasteiger partial charge in [0, 0.05) is 6.54 Å². The van der Waals surface area contributed by atoms with Crippen LogP contribution in [0.5, 0.6) is 0 Å². The summed E-state index contributed by atoms with van der Waals surface area (Å²) < 4.78 is 53.0. The minimum absolute atomic E-state index is 0.208. The van der Waals surface area contributed by atoms with E-state index in [9.17, 15) is 31.9 Å². The summed E-state index contributed by atoms with van der Waals surface area (Å²) in [5, 5.41) is 2.42. The molecule has 0 spiro atoms. The highest BCUT2D eigenvalue weighted by Gasteiger charge is 2.51. The first-order valence-electron chi connectivity index (χ1n) is 10.1. The van der Waals surface area contributed by atoms with Crippen LogP contribution in [0.4, 0.5) is 17.6 Å². The number of benzene rings is 1. The molecule has 3 amide bonds. The Morgan fingerprint density at radius 2 is 1.81 bits per heavy atom. The molecule has 0 aromatic heterocycles. The van der Waals surface area contributed by atoms with Gasteiger partial charge in [-0.25, -0.2) is 4.39 Å². The molecule has 1 aromatic rings. The third-order valence-electron chi connectivity index (χ3n) is 5.92. The number of nitrogens with one attached hydrogen (secondary N) is 1. The van der Waals surface area contributed by atoms with E-state index in [-0.39, 0.29) is 23.8 Å². The first-order valence-corrected chi connectivity index (χ1v) is 11.5. The van der Waals surface area contributed by atoms with Gasteiger partial charge in [0.25, 0.3) is 0 Å². The largest absolute Gasteiger partial charge is 0.416 e. The first-order chi connectivity index (χ1) is 14.6. The number of halogens is 4. The van der Waals surface area contributed by atoms with E-state index in [0.717, 1.165) is 29.9 Å². The Kier molecular flexibility index (Phi) is 7.28. The molecule has 5 nitrogen and oxygen atoms in total. The van der Waals surface area contributed by atoms with Crippen LogP contribution in [0.2, 0.25) is 0 Å². The van der Waals surface area contributed by atoms with E-state index in [1.54, 1.807) is 0 Å². The van der Waals surface area contributed by atoms with Gasteiger partial charge in [-0.15, -0.1) is 0 Å². The van der Waals surface area contributed by atoms with E-state index >= 15 is 0 Å². The van der Waals surface area contributed by atoms with Gasteiger partial charge in [-0.1, -0.05) is 18.9 Å². The fraction of sp³-hybridized carbons (Fsp3) is 0.571. The Bertz CT molecular complexity index is 838. The lowest BCUT2D eigenvalue weighted by molar-refractivity contribution is -0.148. The number of fused-ring (bicyclic) bond motifs is 1. The van der Waals surface area contributed by atoms with E-state index in [1.807, 2.05) is 6.26 Å². The molecule has 0 bridgehead atoms. The van der Waals surface area contributed by atoms with E-state index in [0.29, 0.717) is 24.7 Å². The predicted octanol–water partition coefficient (Wildman–Crippen LogP) is 3.76. The second-order valence-electron chi connectivity index (χ2n) is 7.86. The van der Waals surface area contributed by atoms with Crippen LogP contribution >= 0.6 is 11.8 Å². The Morgan fingerprint density at radius 3 is 2.35 bits per heavy atom. The summed E-state index contributed by atoms with van der Waals surface area (Å²) >= 11 is 1.44. The van der Waals surface area contributed by atoms with E-state index in [2.05, 4.69) is 5.32 Å². The van der Waals surface area contributed by atoms with Crippen LogP contribution in [0.25, 0.3) is 0 Å². The summed E-state index contributed by atoms with van der Waals surface area (Å²) in [6, 6.07) is 1.16. The monoisotopic (exact) mass is 460 g/mol. The highest BCUT2D eigenvalue weighted by Crippen LogP contribution is 2.39. The summed E-state index contributed by atoms with van der Waals surface area (Å²) in [6.45, 7) is -0.493. The van der Waals surface area contributed by atoms with Crippen LogP contribution in [0.1, 0.15) is 43.2 Å². The minimum Gasteiger partial charge on any atom is -0.350 e. The Hall–Kier alpha value is -2.10. The number of imide groups is 1. The van der Waals surface area contributed by atoms with Crippen molar-refractivity contribution in [2.45, 2.75) is 50.9 Å². The molecule has 3 unspecified atom stereocenters. The van der Waals surface area contributed by atoms with Crippen molar-refractivity contribution in [3.05, 3.63) is 35.1 Å². The van der Waals surface area contributed by atoms with Crippen molar-refractivity contribution in [1.29, 1.82) is 0 Å². The number of alkyl halides is 3. The molecule has 1 N–H and O–H groups in total. The molecule has 1 heterocycles. The molecule has 2 aliphatic rings. The molecule has 1 aromatic carbocycles. The molecule has 3 atom stereocenters. The lowest BCUT2D eigenvalue weighted by Crippen LogP contribution is -2.50. The molecule has 170 valence electrons. The van der Waals surface area contributed by atoms with Crippen molar-refractivity contribution < 1.29 is 31.9 Å². The number of hydrogen-bond donors (Lipinski definition) is 1. The van der Waals surface area contributed by atoms with Crippen LogP contribution in [-0.2, 0) is 27.1 Å². The molecule has 0 radical (unpaired) electrons. The second-order valence-corrected chi connectivity index (χ2v) is 8.84. The quantitative estimate of drug-likeness (QED) is 0.497. The van der Waals surface area contributed by atoms with Crippen molar-refractivity contribution in [2.75, 3.05) is 12.0 Å². The molecule has 1 aliphatic heterocycles. The van der Waals surface area contributed by atoms with Crippen LogP contribution in [0.3, 0.4) is 0 Å². The summed E-state index contributed by atoms with van der Waals surface area (Å²) in [4.78, 5) is 39.7. The van der Waals surface area contributed by atoms with Gasteiger partial charge in [-0.3, -0.25) is 19.3 Å². The zero-order valence-corrected chi connectivity index (χ0v) is 17.8. The molecular formula is C21H24F4N2O3S. The van der Waals surface area contributed by atoms with Gasteiger partial charge in [0.15, 0.2) is 0 Å². The lowest BCUT2D eigenvalue weighted by atomic mass is 9.81. The summed E-state index contributed by atoms with van der Waals surface area (Å²) in [5.74, 6) is -2.79. The van der Waals surface area contributed by atoms with Gasteiger partial charge < -0.3 is 5.32 Å². The maximum absolute atomic E-state index is 13.3. The minimum atomic E-state index is -4.78. The molecule has 1 saturated carbocycles. The Labute approximate surface area is 181 Å². The van der Waals surface area contributed by atoms with Crippen molar-refractivity contribution in [3.63, 3.8) is 0 Å². The van der Waals surface area contributed by atoms with E-state index in [1.165, 1.54) is 11.8 Å². The molecule has 31 heavy (non-hydrogen) atoms. The molecule has 1 aliphatic carbocycles. The van der Waals surface area contributed by atoms with Crippen LogP contribution in [0, 0.1) is 17.7 Å². The molecule has 2 fully saturated rings. The summed E-state index contributed by atoms with van der Waals surface area (Å²) in [6.07, 6.45) is 0.147. The fourth-order valence-corrected chi connectivity index (χ4v) is 4.83. The zero-order chi connectivity index (χ0) is 22.8. The molecule has 10 heteroatoms. The van der Waals surface area contributed by atoms with Crippen molar-refractivity contribution in [2.24, 2.45) is 11.8 Å². The third kappa shape index (κ3) is 5.05. The number of carbonyl (C=O) groups excluding carboxylic acids is 3. The smallest absolute Gasteiger partial charge is 0.350 e. The van der Waals surface area contributed by atoms with Crippen molar-refractivity contribution >= 4 is 29.5 Å². The Balaban J connectivity index is 1.79. The maximum atomic E-state index is 13.3. The number of hydrogen-bond acceptors (Lipinski definition) is 4. The molecular weight excluding hydrogens is 436 g/mol. The van der Waals surface area contributed by atoms with Crippen molar-refractivity contribution in [1.82, 2.24) is 10.2 Å². The number of nitrogens with zero attached hydrogens (tertiary/aromatic N) is 1. The van der Waals surface area contributed by atoms with Gasteiger partial charge in [-0.05, 0) is 49.0 Å². The SMILES string of the molecule is CSCCC(C(=O)NCc1ccc(F)cc1C(F)(F)F)N1C(=O)C2CCCCC2C1=O. The Morgan fingerprint density at radius 1 is 1.19 bits per heavy atom. The van der Waals surface area contributed by atoms with Crippen LogP contribution in [0.15, 0.2) is 18.2 Å². The standard InChI is InChI=1S/C21H24F4N2O3S/c1-31-9-8-17(27-19(29)14-4-2-3-5-15(14)20(27)30)18(28)26-11-12-6-7-13(22)10-16(12)21(23,24)25/h6-7,10,14-15,17H,2-5,8-9,11H2,1H3,(H,26,28). The van der Waals surface area contributed by atoms with Gasteiger partial charge in [0.05, 0.1) is 17.4 Å². The maximum Gasteiger partial charge on any atom is 0.416 e. The van der Waals surface area contributed by atoms with Gasteiger partial charge in [-0.2, -0.15) is 24.9 Å². The zero-order valence-electron chi connectivity index (χ0n) is 17.0. The third-order valence-corrected chi connectivity index (χ3v) is 6.56. The van der Waals surface area contributed by atoms with E-state index in [4.69, 9.17) is 0 Å². The lowest BCUT2D eigenvalue weighted by Gasteiger charge is -2.26. The summed E-state index contributed by atoms with van der Waals surface area (Å²) in [7, 11) is 0. The van der Waals surface area contributed by atoms with E-state index < -0.39 is 47.9 Å². The highest BCUT2D eigenvalue weighted by molar-refractivity contribution is 7.98. The van der Waals surface area contributed by atoms with Crippen LogP contribution in [-0.4, -0.2) is 40.7 Å². The number of rotatable bonds is 7. The normalized spacial score (nSPS) is 22.4. The van der Waals surface area contributed by atoms with Crippen LogP contribution < -0.4 is 5.32 Å². The first kappa shape index (κ1) is 23.6. The topological polar surface area (TPSA) is 66.5 Å². The van der Waals surface area contributed by atoms with Gasteiger partial charge in [0.2, 0.25) is 17.7 Å². The molecule has 3 rings (SSSR count). The average molecular weight is 460 g/mol. The van der Waals surface area contributed by atoms with Gasteiger partial charge in [0.1, 0.15) is 11.9 Å². The predicted molar refractivity (Wildman–Crippen MR) is 107 cm³/mol. The average Bonchev–Trinajstić information content (AvgIpc) is 2.98. The van der Waals surface area contributed by atoms with Gasteiger partial charge >= 0.3 is 6.18 Å². The number of amides is 3. The van der Waals surface area contributed by atoms with Crippen molar-refractivity contribution in [3.8, 4) is 0 Å². The number of carbonyl (C=O) groups is 3.